The van der Waals surface area contributed by atoms with Crippen LogP contribution in [0, 0.1) is 0 Å². The van der Waals surface area contributed by atoms with Crippen LogP contribution in [0.2, 0.25) is 5.02 Å². The Bertz CT molecular complexity index is 1070. The standard InChI is InChI=1S/C21H15ClN2O2/c22-17-9-5-4-8-16(17)21-24-18-11-10-15(13-19(18)26-21)23-20(25)12-14-6-2-1-3-7-14/h1-11,13H,12H2,(H,23,25). The second-order valence-electron chi connectivity index (χ2n) is 5.89. The normalized spacial score (nSPS) is 10.8. The monoisotopic (exact) mass is 362 g/mol. The Morgan fingerprint density at radius 3 is 2.58 bits per heavy atom. The maximum absolute atomic E-state index is 12.2. The molecule has 3 aromatic carbocycles. The lowest BCUT2D eigenvalue weighted by Crippen LogP contribution is -2.14. The Kier molecular flexibility index (Phi) is 4.42. The predicted octanol–water partition coefficient (Wildman–Crippen LogP) is 5.33. The second-order valence-corrected chi connectivity index (χ2v) is 6.30. The molecule has 0 aliphatic heterocycles. The molecule has 4 aromatic rings. The molecular weight excluding hydrogens is 348 g/mol. The van der Waals surface area contributed by atoms with Crippen LogP contribution in [0.15, 0.2) is 77.2 Å². The Morgan fingerprint density at radius 1 is 1.00 bits per heavy atom. The molecule has 0 aliphatic rings. The van der Waals surface area contributed by atoms with Crippen LogP contribution in [0.25, 0.3) is 22.6 Å². The first-order valence-electron chi connectivity index (χ1n) is 8.18. The number of amides is 1. The molecule has 0 saturated carbocycles. The van der Waals surface area contributed by atoms with E-state index < -0.39 is 0 Å². The molecule has 5 heteroatoms. The van der Waals surface area contributed by atoms with Crippen LogP contribution in [0.1, 0.15) is 5.56 Å². The molecule has 0 unspecified atom stereocenters. The van der Waals surface area contributed by atoms with E-state index in [9.17, 15) is 4.79 Å². The second kappa shape index (κ2) is 7.02. The van der Waals surface area contributed by atoms with Crippen molar-refractivity contribution in [3.63, 3.8) is 0 Å². The lowest BCUT2D eigenvalue weighted by atomic mass is 10.1. The molecule has 1 heterocycles. The van der Waals surface area contributed by atoms with Crippen molar-refractivity contribution in [2.45, 2.75) is 6.42 Å². The van der Waals surface area contributed by atoms with E-state index in [-0.39, 0.29) is 5.91 Å². The van der Waals surface area contributed by atoms with Gasteiger partial charge < -0.3 is 9.73 Å². The third kappa shape index (κ3) is 3.46. The lowest BCUT2D eigenvalue weighted by molar-refractivity contribution is -0.115. The largest absolute Gasteiger partial charge is 0.436 e. The van der Waals surface area contributed by atoms with Gasteiger partial charge in [-0.2, -0.15) is 0 Å². The Morgan fingerprint density at radius 2 is 1.77 bits per heavy atom. The van der Waals surface area contributed by atoms with Gasteiger partial charge in [-0.05, 0) is 29.8 Å². The van der Waals surface area contributed by atoms with Crippen LogP contribution in [-0.2, 0) is 11.2 Å². The van der Waals surface area contributed by atoms with E-state index in [1.807, 2.05) is 60.7 Å². The minimum absolute atomic E-state index is 0.0820. The number of benzene rings is 3. The highest BCUT2D eigenvalue weighted by Crippen LogP contribution is 2.30. The Labute approximate surface area is 155 Å². The number of fused-ring (bicyclic) bond motifs is 1. The van der Waals surface area contributed by atoms with E-state index in [1.54, 1.807) is 12.1 Å². The maximum Gasteiger partial charge on any atom is 0.228 e. The number of halogens is 1. The van der Waals surface area contributed by atoms with Crippen LogP contribution in [0.4, 0.5) is 5.69 Å². The summed E-state index contributed by atoms with van der Waals surface area (Å²) < 4.78 is 5.83. The van der Waals surface area contributed by atoms with Crippen molar-refractivity contribution in [2.75, 3.05) is 5.32 Å². The van der Waals surface area contributed by atoms with E-state index in [0.29, 0.717) is 34.1 Å². The van der Waals surface area contributed by atoms with Gasteiger partial charge in [0.05, 0.1) is 17.0 Å². The number of anilines is 1. The number of hydrogen-bond donors (Lipinski definition) is 1. The number of rotatable bonds is 4. The fourth-order valence-corrected chi connectivity index (χ4v) is 2.96. The molecule has 1 N–H and O–H groups in total. The molecule has 0 saturated heterocycles. The summed E-state index contributed by atoms with van der Waals surface area (Å²) in [6.07, 6.45) is 0.320. The fraction of sp³-hybridized carbons (Fsp3) is 0.0476. The van der Waals surface area contributed by atoms with Gasteiger partial charge in [-0.3, -0.25) is 4.79 Å². The van der Waals surface area contributed by atoms with Gasteiger partial charge in [-0.1, -0.05) is 54.1 Å². The highest BCUT2D eigenvalue weighted by atomic mass is 35.5. The topological polar surface area (TPSA) is 55.1 Å². The molecule has 26 heavy (non-hydrogen) atoms. The number of oxazole rings is 1. The van der Waals surface area contributed by atoms with Crippen LogP contribution in [-0.4, -0.2) is 10.9 Å². The number of nitrogens with zero attached hydrogens (tertiary/aromatic N) is 1. The molecule has 0 radical (unpaired) electrons. The van der Waals surface area contributed by atoms with Crippen LogP contribution >= 0.6 is 11.6 Å². The number of nitrogens with one attached hydrogen (secondary N) is 1. The van der Waals surface area contributed by atoms with Gasteiger partial charge in [0.25, 0.3) is 0 Å². The summed E-state index contributed by atoms with van der Waals surface area (Å²) in [5.74, 6) is 0.375. The van der Waals surface area contributed by atoms with E-state index in [0.717, 1.165) is 11.1 Å². The number of hydrogen-bond acceptors (Lipinski definition) is 3. The number of carbonyl (C=O) groups is 1. The van der Waals surface area contributed by atoms with Gasteiger partial charge in [-0.15, -0.1) is 0 Å². The zero-order valence-corrected chi connectivity index (χ0v) is 14.5. The molecule has 128 valence electrons. The molecule has 4 nitrogen and oxygen atoms in total. The summed E-state index contributed by atoms with van der Waals surface area (Å²) in [5.41, 5.74) is 3.67. The van der Waals surface area contributed by atoms with Gasteiger partial charge in [0, 0.05) is 11.8 Å². The van der Waals surface area contributed by atoms with Crippen molar-refractivity contribution in [1.82, 2.24) is 4.98 Å². The van der Waals surface area contributed by atoms with Gasteiger partial charge in [0.1, 0.15) is 5.52 Å². The minimum Gasteiger partial charge on any atom is -0.436 e. The number of aromatic nitrogens is 1. The van der Waals surface area contributed by atoms with E-state index in [1.165, 1.54) is 0 Å². The summed E-state index contributed by atoms with van der Waals surface area (Å²) in [6.45, 7) is 0. The number of carbonyl (C=O) groups excluding carboxylic acids is 1. The molecule has 0 aliphatic carbocycles. The van der Waals surface area contributed by atoms with E-state index in [4.69, 9.17) is 16.0 Å². The quantitative estimate of drug-likeness (QED) is 0.534. The van der Waals surface area contributed by atoms with E-state index >= 15 is 0 Å². The van der Waals surface area contributed by atoms with Gasteiger partial charge in [0.15, 0.2) is 5.58 Å². The Balaban J connectivity index is 1.56. The smallest absolute Gasteiger partial charge is 0.228 e. The van der Waals surface area contributed by atoms with Crippen LogP contribution in [0.5, 0.6) is 0 Å². The Hall–Kier alpha value is -3.11. The molecule has 4 rings (SSSR count). The van der Waals surface area contributed by atoms with Crippen molar-refractivity contribution >= 4 is 34.3 Å². The minimum atomic E-state index is -0.0820. The molecule has 0 bridgehead atoms. The van der Waals surface area contributed by atoms with Gasteiger partial charge in [-0.25, -0.2) is 4.98 Å². The molecule has 0 fully saturated rings. The highest BCUT2D eigenvalue weighted by molar-refractivity contribution is 6.33. The van der Waals surface area contributed by atoms with Gasteiger partial charge in [0.2, 0.25) is 11.8 Å². The zero-order valence-electron chi connectivity index (χ0n) is 13.8. The molecule has 1 amide bonds. The molecule has 0 spiro atoms. The van der Waals surface area contributed by atoms with Crippen LogP contribution in [0.3, 0.4) is 0 Å². The van der Waals surface area contributed by atoms with Crippen molar-refractivity contribution in [3.05, 3.63) is 83.4 Å². The predicted molar refractivity (Wildman–Crippen MR) is 103 cm³/mol. The fourth-order valence-electron chi connectivity index (χ4n) is 2.74. The molecule has 1 aromatic heterocycles. The summed E-state index contributed by atoms with van der Waals surface area (Å²) in [4.78, 5) is 16.7. The van der Waals surface area contributed by atoms with Gasteiger partial charge >= 0.3 is 0 Å². The maximum atomic E-state index is 12.2. The third-order valence-corrected chi connectivity index (χ3v) is 4.31. The van der Waals surface area contributed by atoms with Crippen molar-refractivity contribution in [2.24, 2.45) is 0 Å². The molecule has 0 atom stereocenters. The molecular formula is C21H15ClN2O2. The summed E-state index contributed by atoms with van der Waals surface area (Å²) in [7, 11) is 0. The zero-order chi connectivity index (χ0) is 17.9. The first-order valence-corrected chi connectivity index (χ1v) is 8.56. The highest BCUT2D eigenvalue weighted by Gasteiger charge is 2.12. The first kappa shape index (κ1) is 16.4. The average molecular weight is 363 g/mol. The third-order valence-electron chi connectivity index (χ3n) is 3.98. The SMILES string of the molecule is O=C(Cc1ccccc1)Nc1ccc2nc(-c3ccccc3Cl)oc2c1. The van der Waals surface area contributed by atoms with E-state index in [2.05, 4.69) is 10.3 Å². The first-order chi connectivity index (χ1) is 12.7. The summed E-state index contributed by atoms with van der Waals surface area (Å²) in [5, 5.41) is 3.47. The summed E-state index contributed by atoms with van der Waals surface area (Å²) >= 11 is 6.21. The van der Waals surface area contributed by atoms with Crippen molar-refractivity contribution in [1.29, 1.82) is 0 Å². The van der Waals surface area contributed by atoms with Crippen molar-refractivity contribution in [3.8, 4) is 11.5 Å². The van der Waals surface area contributed by atoms with Crippen LogP contribution < -0.4 is 5.32 Å². The summed E-state index contributed by atoms with van der Waals surface area (Å²) in [6, 6.07) is 22.4. The van der Waals surface area contributed by atoms with Crippen molar-refractivity contribution < 1.29 is 9.21 Å². The lowest BCUT2D eigenvalue weighted by Gasteiger charge is -2.05. The average Bonchev–Trinajstić information content (AvgIpc) is 3.06.